The molecular formula is C61H113NO5. The molecule has 67 heavy (non-hydrogen) atoms. The van der Waals surface area contributed by atoms with E-state index in [9.17, 15) is 19.8 Å². The van der Waals surface area contributed by atoms with Crippen LogP contribution in [0.15, 0.2) is 48.6 Å². The van der Waals surface area contributed by atoms with Crippen LogP contribution >= 0.6 is 0 Å². The molecule has 6 heteroatoms. The van der Waals surface area contributed by atoms with Gasteiger partial charge in [0.2, 0.25) is 5.91 Å². The highest BCUT2D eigenvalue weighted by atomic mass is 16.5. The predicted molar refractivity (Wildman–Crippen MR) is 292 cm³/mol. The highest BCUT2D eigenvalue weighted by molar-refractivity contribution is 5.76. The van der Waals surface area contributed by atoms with Crippen molar-refractivity contribution in [3.8, 4) is 0 Å². The Hall–Kier alpha value is -2.18. The van der Waals surface area contributed by atoms with E-state index in [1.165, 1.54) is 180 Å². The maximum Gasteiger partial charge on any atom is 0.305 e. The Morgan fingerprint density at radius 2 is 0.806 bits per heavy atom. The topological polar surface area (TPSA) is 95.9 Å². The number of hydrogen-bond acceptors (Lipinski definition) is 5. The van der Waals surface area contributed by atoms with E-state index in [2.05, 4.69) is 67.8 Å². The van der Waals surface area contributed by atoms with Gasteiger partial charge in [0.15, 0.2) is 0 Å². The number of amides is 1. The summed E-state index contributed by atoms with van der Waals surface area (Å²) < 4.78 is 5.44. The molecular weight excluding hydrogens is 827 g/mol. The number of nitrogens with one attached hydrogen (secondary N) is 1. The van der Waals surface area contributed by atoms with Crippen LogP contribution in [0.1, 0.15) is 303 Å². The maximum atomic E-state index is 12.5. The molecule has 0 saturated heterocycles. The second-order valence-corrected chi connectivity index (χ2v) is 20.0. The van der Waals surface area contributed by atoms with Gasteiger partial charge in [0.25, 0.3) is 0 Å². The van der Waals surface area contributed by atoms with Gasteiger partial charge in [0.05, 0.1) is 25.4 Å². The number of hydrogen-bond donors (Lipinski definition) is 3. The fourth-order valence-corrected chi connectivity index (χ4v) is 8.82. The van der Waals surface area contributed by atoms with Crippen LogP contribution < -0.4 is 5.32 Å². The van der Waals surface area contributed by atoms with Crippen LogP contribution in [-0.4, -0.2) is 47.4 Å². The lowest BCUT2D eigenvalue weighted by molar-refractivity contribution is -0.143. The molecule has 0 radical (unpaired) electrons. The van der Waals surface area contributed by atoms with Crippen LogP contribution in [0.5, 0.6) is 0 Å². The van der Waals surface area contributed by atoms with Gasteiger partial charge in [-0.05, 0) is 83.5 Å². The van der Waals surface area contributed by atoms with Crippen molar-refractivity contribution in [2.75, 3.05) is 13.2 Å². The lowest BCUT2D eigenvalue weighted by atomic mass is 10.0. The molecule has 3 N–H and O–H groups in total. The van der Waals surface area contributed by atoms with Crippen LogP contribution in [0.2, 0.25) is 0 Å². The molecule has 0 saturated carbocycles. The van der Waals surface area contributed by atoms with Gasteiger partial charge in [-0.15, -0.1) is 0 Å². The SMILES string of the molecule is CCCC/C=C\C/C=C\CCCCCCCC(=O)OCCCCC/C=C\C=C/CCCCCCCCC(=O)NC(CO)C(O)CCCCCCCCCCCCCCCCCCCCCCC. The van der Waals surface area contributed by atoms with Crippen LogP contribution in [0.25, 0.3) is 0 Å². The van der Waals surface area contributed by atoms with Gasteiger partial charge in [0.1, 0.15) is 0 Å². The lowest BCUT2D eigenvalue weighted by Crippen LogP contribution is -2.45. The van der Waals surface area contributed by atoms with Gasteiger partial charge in [-0.1, -0.05) is 255 Å². The molecule has 0 rings (SSSR count). The highest BCUT2D eigenvalue weighted by Gasteiger charge is 2.20. The van der Waals surface area contributed by atoms with Gasteiger partial charge >= 0.3 is 5.97 Å². The summed E-state index contributed by atoms with van der Waals surface area (Å²) >= 11 is 0. The van der Waals surface area contributed by atoms with Crippen LogP contribution in [0.3, 0.4) is 0 Å². The first-order valence-corrected chi connectivity index (χ1v) is 29.4. The van der Waals surface area contributed by atoms with Crippen molar-refractivity contribution in [3.63, 3.8) is 0 Å². The molecule has 0 aliphatic rings. The minimum Gasteiger partial charge on any atom is -0.466 e. The third kappa shape index (κ3) is 53.0. The Morgan fingerprint density at radius 1 is 0.433 bits per heavy atom. The smallest absolute Gasteiger partial charge is 0.305 e. The Labute approximate surface area is 416 Å². The van der Waals surface area contributed by atoms with Gasteiger partial charge in [-0.2, -0.15) is 0 Å². The van der Waals surface area contributed by atoms with Crippen molar-refractivity contribution in [1.82, 2.24) is 5.32 Å². The van der Waals surface area contributed by atoms with Crippen molar-refractivity contribution in [3.05, 3.63) is 48.6 Å². The Bertz CT molecular complexity index is 1130. The number of carbonyl (C=O) groups excluding carboxylic acids is 2. The van der Waals surface area contributed by atoms with Crippen molar-refractivity contribution in [1.29, 1.82) is 0 Å². The fourth-order valence-electron chi connectivity index (χ4n) is 8.82. The molecule has 392 valence electrons. The Morgan fingerprint density at radius 3 is 1.27 bits per heavy atom. The molecule has 0 aliphatic carbocycles. The van der Waals surface area contributed by atoms with E-state index in [1.54, 1.807) is 0 Å². The number of esters is 1. The van der Waals surface area contributed by atoms with Crippen LogP contribution in [0.4, 0.5) is 0 Å². The number of ether oxygens (including phenoxy) is 1. The first-order chi connectivity index (χ1) is 33.0. The number of allylic oxidation sites excluding steroid dienone is 8. The molecule has 0 aromatic heterocycles. The summed E-state index contributed by atoms with van der Waals surface area (Å²) in [5, 5.41) is 23.3. The summed E-state index contributed by atoms with van der Waals surface area (Å²) in [6.45, 7) is 4.86. The molecule has 0 aromatic rings. The van der Waals surface area contributed by atoms with E-state index in [-0.39, 0.29) is 18.5 Å². The second-order valence-electron chi connectivity index (χ2n) is 20.0. The zero-order chi connectivity index (χ0) is 48.6. The Kier molecular flexibility index (Phi) is 54.6. The van der Waals surface area contributed by atoms with Crippen molar-refractivity contribution < 1.29 is 24.5 Å². The van der Waals surface area contributed by atoms with Gasteiger partial charge in [-0.25, -0.2) is 0 Å². The van der Waals surface area contributed by atoms with Crippen molar-refractivity contribution in [2.45, 2.75) is 315 Å². The standard InChI is InChI=1S/C61H113NO5/c1-3-5-7-9-11-13-15-17-19-20-21-22-23-24-26-29-33-37-41-45-49-53-59(64)58(57-63)62-60(65)54-50-46-42-38-34-30-27-25-28-32-36-40-44-48-52-56-67-61(66)55-51-47-43-39-35-31-18-16-14-12-10-8-6-4-2/h10,12,16,18,25,28,32,36,58-59,63-64H,3-9,11,13-15,17,19-24,26-27,29-31,33-35,37-57H2,1-2H3,(H,62,65)/b12-10-,18-16-,28-25-,36-32-. The fraction of sp³-hybridized carbons (Fsp3) is 0.836. The maximum absolute atomic E-state index is 12.5. The van der Waals surface area contributed by atoms with E-state index in [1.807, 2.05) is 0 Å². The third-order valence-corrected chi connectivity index (χ3v) is 13.4. The predicted octanol–water partition coefficient (Wildman–Crippen LogP) is 18.2. The van der Waals surface area contributed by atoms with E-state index in [0.29, 0.717) is 25.9 Å². The van der Waals surface area contributed by atoms with Crippen molar-refractivity contribution in [2.24, 2.45) is 0 Å². The first-order valence-electron chi connectivity index (χ1n) is 29.4. The normalized spacial score (nSPS) is 13.0. The summed E-state index contributed by atoms with van der Waals surface area (Å²) in [6, 6.07) is -0.560. The molecule has 1 amide bonds. The average Bonchev–Trinajstić information content (AvgIpc) is 3.33. The largest absolute Gasteiger partial charge is 0.466 e. The number of aliphatic hydroxyl groups excluding tert-OH is 2. The first kappa shape index (κ1) is 64.8. The minimum absolute atomic E-state index is 0.0363. The summed E-state index contributed by atoms with van der Waals surface area (Å²) in [5.74, 6) is -0.0929. The summed E-state index contributed by atoms with van der Waals surface area (Å²) in [5.41, 5.74) is 0. The molecule has 0 heterocycles. The zero-order valence-corrected chi connectivity index (χ0v) is 44.6. The van der Waals surface area contributed by atoms with Crippen LogP contribution in [-0.2, 0) is 14.3 Å². The Balaban J connectivity index is 3.53. The monoisotopic (exact) mass is 940 g/mol. The average molecular weight is 941 g/mol. The van der Waals surface area contributed by atoms with Crippen molar-refractivity contribution >= 4 is 11.9 Å². The summed E-state index contributed by atoms with van der Waals surface area (Å²) in [6.07, 6.45) is 71.0. The molecule has 0 aliphatic heterocycles. The quantitative estimate of drug-likeness (QED) is 0.0244. The highest BCUT2D eigenvalue weighted by Crippen LogP contribution is 2.17. The van der Waals surface area contributed by atoms with E-state index in [4.69, 9.17) is 4.74 Å². The molecule has 0 fully saturated rings. The van der Waals surface area contributed by atoms with E-state index in [0.717, 1.165) is 89.9 Å². The molecule has 2 atom stereocenters. The summed E-state index contributed by atoms with van der Waals surface area (Å²) in [7, 11) is 0. The molecule has 6 nitrogen and oxygen atoms in total. The number of rotatable bonds is 54. The van der Waals surface area contributed by atoms with Gasteiger partial charge in [-0.3, -0.25) is 9.59 Å². The van der Waals surface area contributed by atoms with Gasteiger partial charge in [0, 0.05) is 12.8 Å². The third-order valence-electron chi connectivity index (χ3n) is 13.4. The molecule has 0 aromatic carbocycles. The summed E-state index contributed by atoms with van der Waals surface area (Å²) in [4.78, 5) is 24.5. The molecule has 2 unspecified atom stereocenters. The zero-order valence-electron chi connectivity index (χ0n) is 44.6. The molecule has 0 bridgehead atoms. The lowest BCUT2D eigenvalue weighted by Gasteiger charge is -2.22. The van der Waals surface area contributed by atoms with Crippen LogP contribution in [0, 0.1) is 0 Å². The number of unbranched alkanes of at least 4 members (excludes halogenated alkanes) is 36. The molecule has 0 spiro atoms. The number of carbonyl (C=O) groups is 2. The van der Waals surface area contributed by atoms with E-state index < -0.39 is 12.1 Å². The minimum atomic E-state index is -0.681. The number of aliphatic hydroxyl groups is 2. The second kappa shape index (κ2) is 56.4. The van der Waals surface area contributed by atoms with Gasteiger partial charge < -0.3 is 20.3 Å². The van der Waals surface area contributed by atoms with E-state index >= 15 is 0 Å².